The smallest absolute Gasteiger partial charge is 0.244 e. The predicted molar refractivity (Wildman–Crippen MR) is 124 cm³/mol. The molecule has 0 atom stereocenters. The van der Waals surface area contributed by atoms with Gasteiger partial charge >= 0.3 is 0 Å². The topological polar surface area (TPSA) is 68.2 Å². The fraction of sp³-hybridized carbons (Fsp3) is 0.160. The quantitative estimate of drug-likeness (QED) is 0.449. The molecular weight excluding hydrogens is 427 g/mol. The SMILES string of the molecule is Cc1cc(C)cc(NC(=O)Cn2cc(S(=O)(=O)Cc3cccc(F)c3)c3ccccc32)c1. The molecule has 1 N–H and O–H groups in total. The molecule has 0 radical (unpaired) electrons. The molecule has 0 spiro atoms. The van der Waals surface area contributed by atoms with Gasteiger partial charge in [0.25, 0.3) is 0 Å². The van der Waals surface area contributed by atoms with Crippen LogP contribution in [0.4, 0.5) is 10.1 Å². The molecule has 1 aromatic heterocycles. The van der Waals surface area contributed by atoms with Crippen molar-refractivity contribution in [1.29, 1.82) is 0 Å². The van der Waals surface area contributed by atoms with Crippen LogP contribution in [0.2, 0.25) is 0 Å². The first-order chi connectivity index (χ1) is 15.2. The number of nitrogens with one attached hydrogen (secondary N) is 1. The Balaban J connectivity index is 1.64. The number of hydrogen-bond donors (Lipinski definition) is 1. The minimum atomic E-state index is -3.76. The number of sulfone groups is 1. The minimum absolute atomic E-state index is 0.0387. The summed E-state index contributed by atoms with van der Waals surface area (Å²) in [6.07, 6.45) is 1.49. The lowest BCUT2D eigenvalue weighted by Gasteiger charge is -2.09. The van der Waals surface area contributed by atoms with Crippen molar-refractivity contribution in [3.63, 3.8) is 0 Å². The molecule has 4 aromatic rings. The van der Waals surface area contributed by atoms with E-state index in [0.717, 1.165) is 11.1 Å². The largest absolute Gasteiger partial charge is 0.337 e. The number of carbonyl (C=O) groups is 1. The summed E-state index contributed by atoms with van der Waals surface area (Å²) in [4.78, 5) is 12.8. The van der Waals surface area contributed by atoms with Crippen LogP contribution >= 0.6 is 0 Å². The summed E-state index contributed by atoms with van der Waals surface area (Å²) in [5.41, 5.74) is 3.79. The van der Waals surface area contributed by atoms with Crippen LogP contribution in [0.5, 0.6) is 0 Å². The van der Waals surface area contributed by atoms with Crippen molar-refractivity contribution in [2.45, 2.75) is 31.0 Å². The van der Waals surface area contributed by atoms with Crippen LogP contribution in [0.15, 0.2) is 77.8 Å². The molecule has 0 unspecified atom stereocenters. The third kappa shape index (κ3) is 4.73. The van der Waals surface area contributed by atoms with E-state index in [2.05, 4.69) is 5.32 Å². The molecule has 1 amide bonds. The van der Waals surface area contributed by atoms with E-state index in [1.165, 1.54) is 24.4 Å². The highest BCUT2D eigenvalue weighted by atomic mass is 32.2. The van der Waals surface area contributed by atoms with E-state index in [0.29, 0.717) is 22.2 Å². The first-order valence-electron chi connectivity index (χ1n) is 10.1. The third-order valence-corrected chi connectivity index (χ3v) is 6.86. The Morgan fingerprint density at radius 1 is 0.969 bits per heavy atom. The van der Waals surface area contributed by atoms with Gasteiger partial charge < -0.3 is 9.88 Å². The zero-order valence-corrected chi connectivity index (χ0v) is 18.6. The van der Waals surface area contributed by atoms with Gasteiger partial charge in [0.15, 0.2) is 9.84 Å². The molecule has 0 aliphatic heterocycles. The van der Waals surface area contributed by atoms with E-state index in [9.17, 15) is 17.6 Å². The second-order valence-corrected chi connectivity index (χ2v) is 9.91. The average molecular weight is 451 g/mol. The number of nitrogens with zero attached hydrogens (tertiary/aromatic N) is 1. The van der Waals surface area contributed by atoms with E-state index >= 15 is 0 Å². The number of hydrogen-bond acceptors (Lipinski definition) is 3. The fourth-order valence-electron chi connectivity index (χ4n) is 3.92. The van der Waals surface area contributed by atoms with Crippen molar-refractivity contribution in [2.24, 2.45) is 0 Å². The van der Waals surface area contributed by atoms with Gasteiger partial charge in [-0.3, -0.25) is 4.79 Å². The first kappa shape index (κ1) is 21.8. The summed E-state index contributed by atoms with van der Waals surface area (Å²) in [6, 6.07) is 18.4. The van der Waals surface area contributed by atoms with Gasteiger partial charge in [-0.05, 0) is 60.9 Å². The summed E-state index contributed by atoms with van der Waals surface area (Å²) in [6.45, 7) is 3.87. The van der Waals surface area contributed by atoms with Crippen LogP contribution in [-0.2, 0) is 26.9 Å². The van der Waals surface area contributed by atoms with E-state index in [1.807, 2.05) is 32.0 Å². The molecule has 1 heterocycles. The molecule has 32 heavy (non-hydrogen) atoms. The highest BCUT2D eigenvalue weighted by Gasteiger charge is 2.22. The van der Waals surface area contributed by atoms with Gasteiger partial charge in [-0.15, -0.1) is 0 Å². The number of para-hydroxylation sites is 1. The van der Waals surface area contributed by atoms with Gasteiger partial charge in [-0.1, -0.05) is 36.4 Å². The fourth-order valence-corrected chi connectivity index (χ4v) is 5.49. The summed E-state index contributed by atoms with van der Waals surface area (Å²) >= 11 is 0. The first-order valence-corrected chi connectivity index (χ1v) is 11.8. The van der Waals surface area contributed by atoms with Crippen molar-refractivity contribution in [3.05, 3.63) is 95.4 Å². The van der Waals surface area contributed by atoms with Crippen LogP contribution < -0.4 is 5.32 Å². The highest BCUT2D eigenvalue weighted by Crippen LogP contribution is 2.28. The number of fused-ring (bicyclic) bond motifs is 1. The van der Waals surface area contributed by atoms with Gasteiger partial charge in [-0.25, -0.2) is 12.8 Å². The lowest BCUT2D eigenvalue weighted by atomic mass is 10.1. The molecule has 7 heteroatoms. The van der Waals surface area contributed by atoms with Crippen molar-refractivity contribution >= 4 is 32.3 Å². The Hall–Kier alpha value is -3.45. The number of benzene rings is 3. The minimum Gasteiger partial charge on any atom is -0.337 e. The number of aryl methyl sites for hydroxylation is 2. The second kappa shape index (κ2) is 8.59. The van der Waals surface area contributed by atoms with Crippen LogP contribution in [0.3, 0.4) is 0 Å². The molecule has 164 valence electrons. The third-order valence-electron chi connectivity index (χ3n) is 5.15. The number of halogens is 1. The summed E-state index contributed by atoms with van der Waals surface area (Å²) in [5.74, 6) is -1.07. The Morgan fingerprint density at radius 3 is 2.41 bits per heavy atom. The Morgan fingerprint density at radius 2 is 1.69 bits per heavy atom. The maximum Gasteiger partial charge on any atom is 0.244 e. The lowest BCUT2D eigenvalue weighted by molar-refractivity contribution is -0.116. The van der Waals surface area contributed by atoms with Crippen LogP contribution in [0, 0.1) is 19.7 Å². The molecule has 0 saturated carbocycles. The van der Waals surface area contributed by atoms with E-state index in [-0.39, 0.29) is 23.1 Å². The summed E-state index contributed by atoms with van der Waals surface area (Å²) in [5, 5.41) is 3.41. The Kier molecular flexibility index (Phi) is 5.84. The van der Waals surface area contributed by atoms with Crippen molar-refractivity contribution < 1.29 is 17.6 Å². The maximum atomic E-state index is 13.5. The van der Waals surface area contributed by atoms with Crippen LogP contribution in [-0.4, -0.2) is 18.9 Å². The summed E-state index contributed by atoms with van der Waals surface area (Å²) < 4.78 is 41.5. The molecule has 0 fully saturated rings. The molecule has 0 saturated heterocycles. The van der Waals surface area contributed by atoms with Gasteiger partial charge in [0, 0.05) is 22.8 Å². The van der Waals surface area contributed by atoms with Gasteiger partial charge in [-0.2, -0.15) is 0 Å². The van der Waals surface area contributed by atoms with E-state index in [1.54, 1.807) is 34.9 Å². The molecule has 4 rings (SSSR count). The average Bonchev–Trinajstić information content (AvgIpc) is 3.06. The Labute approximate surface area is 186 Å². The lowest BCUT2D eigenvalue weighted by Crippen LogP contribution is -2.18. The number of aromatic nitrogens is 1. The highest BCUT2D eigenvalue weighted by molar-refractivity contribution is 7.90. The number of anilines is 1. The van der Waals surface area contributed by atoms with Gasteiger partial charge in [0.1, 0.15) is 12.4 Å². The zero-order chi connectivity index (χ0) is 22.9. The van der Waals surface area contributed by atoms with Crippen molar-refractivity contribution in [3.8, 4) is 0 Å². The van der Waals surface area contributed by atoms with Crippen molar-refractivity contribution in [1.82, 2.24) is 4.57 Å². The molecule has 0 bridgehead atoms. The standard InChI is InChI=1S/C25H23FN2O3S/c1-17-10-18(2)12-21(11-17)27-25(29)15-28-14-24(22-8-3-4-9-23(22)28)32(30,31)16-19-6-5-7-20(26)13-19/h3-14H,15-16H2,1-2H3,(H,27,29). The molecule has 3 aromatic carbocycles. The van der Waals surface area contributed by atoms with Crippen LogP contribution in [0.1, 0.15) is 16.7 Å². The number of rotatable bonds is 6. The van der Waals surface area contributed by atoms with Gasteiger partial charge in [0.05, 0.1) is 10.6 Å². The molecule has 5 nitrogen and oxygen atoms in total. The van der Waals surface area contributed by atoms with E-state index < -0.39 is 15.7 Å². The van der Waals surface area contributed by atoms with Crippen LogP contribution in [0.25, 0.3) is 10.9 Å². The number of carbonyl (C=O) groups excluding carboxylic acids is 1. The molecule has 0 aliphatic rings. The molecule has 0 aliphatic carbocycles. The normalized spacial score (nSPS) is 11.6. The molecular formula is C25H23FN2O3S. The van der Waals surface area contributed by atoms with Crippen molar-refractivity contribution in [2.75, 3.05) is 5.32 Å². The predicted octanol–water partition coefficient (Wildman–Crippen LogP) is 5.01. The monoisotopic (exact) mass is 450 g/mol. The summed E-state index contributed by atoms with van der Waals surface area (Å²) in [7, 11) is -3.76. The zero-order valence-electron chi connectivity index (χ0n) is 17.8. The second-order valence-electron chi connectivity index (χ2n) is 7.95. The maximum absolute atomic E-state index is 13.5. The van der Waals surface area contributed by atoms with E-state index in [4.69, 9.17) is 0 Å². The van der Waals surface area contributed by atoms with Gasteiger partial charge in [0.2, 0.25) is 5.91 Å². The Bertz CT molecular complexity index is 1400. The number of amides is 1.